The van der Waals surface area contributed by atoms with E-state index in [2.05, 4.69) is 5.16 Å². The molecule has 0 aromatic heterocycles. The Bertz CT molecular complexity index is 356. The fraction of sp³-hybridized carbons (Fsp3) is 0.833. The van der Waals surface area contributed by atoms with E-state index < -0.39 is 11.0 Å². The lowest BCUT2D eigenvalue weighted by Crippen LogP contribution is -2.55. The number of ether oxygens (including phenoxy) is 1. The van der Waals surface area contributed by atoms with Crippen molar-refractivity contribution in [2.24, 2.45) is 16.3 Å². The molecule has 0 aliphatic carbocycles. The van der Waals surface area contributed by atoms with Crippen LogP contribution in [0.15, 0.2) is 5.16 Å². The number of nitrogens with two attached hydrogens (primary N) is 1. The van der Waals surface area contributed by atoms with Crippen LogP contribution in [-0.2, 0) is 9.53 Å². The van der Waals surface area contributed by atoms with Crippen molar-refractivity contribution >= 4 is 11.7 Å². The summed E-state index contributed by atoms with van der Waals surface area (Å²) in [5, 5.41) is 21.7. The SMILES string of the molecule is CN(CC(C)(C)O)C(=O)C1(C(N)=NO)CCOCC1. The van der Waals surface area contributed by atoms with Crippen molar-refractivity contribution in [3.05, 3.63) is 0 Å². The second kappa shape index (κ2) is 5.75. The summed E-state index contributed by atoms with van der Waals surface area (Å²) in [6.45, 7) is 4.19. The van der Waals surface area contributed by atoms with Gasteiger partial charge in [0.1, 0.15) is 5.41 Å². The largest absolute Gasteiger partial charge is 0.409 e. The Kier molecular flexibility index (Phi) is 4.75. The van der Waals surface area contributed by atoms with Gasteiger partial charge in [-0.3, -0.25) is 4.79 Å². The third-order valence-corrected chi connectivity index (χ3v) is 3.32. The summed E-state index contributed by atoms with van der Waals surface area (Å²) in [4.78, 5) is 14.0. The lowest BCUT2D eigenvalue weighted by Gasteiger charge is -2.38. The molecule has 110 valence electrons. The predicted molar refractivity (Wildman–Crippen MR) is 69.8 cm³/mol. The number of amides is 1. The summed E-state index contributed by atoms with van der Waals surface area (Å²) in [5.74, 6) is -0.350. The zero-order valence-corrected chi connectivity index (χ0v) is 11.7. The monoisotopic (exact) mass is 273 g/mol. The highest BCUT2D eigenvalue weighted by Crippen LogP contribution is 2.33. The number of nitrogens with zero attached hydrogens (tertiary/aromatic N) is 2. The second-order valence-corrected chi connectivity index (χ2v) is 5.65. The van der Waals surface area contributed by atoms with Crippen LogP contribution in [0.4, 0.5) is 0 Å². The van der Waals surface area contributed by atoms with E-state index in [0.29, 0.717) is 26.1 Å². The van der Waals surface area contributed by atoms with Crippen molar-refractivity contribution in [2.75, 3.05) is 26.8 Å². The molecular formula is C12H23N3O4. The van der Waals surface area contributed by atoms with Crippen LogP contribution in [0.25, 0.3) is 0 Å². The third kappa shape index (κ3) is 3.57. The zero-order valence-electron chi connectivity index (χ0n) is 11.7. The minimum absolute atomic E-state index is 0.0941. The fourth-order valence-electron chi connectivity index (χ4n) is 2.41. The van der Waals surface area contributed by atoms with Gasteiger partial charge in [-0.15, -0.1) is 0 Å². The van der Waals surface area contributed by atoms with E-state index in [-0.39, 0.29) is 18.3 Å². The molecule has 1 heterocycles. The Morgan fingerprint density at radius 1 is 1.47 bits per heavy atom. The van der Waals surface area contributed by atoms with Gasteiger partial charge < -0.3 is 25.7 Å². The van der Waals surface area contributed by atoms with Gasteiger partial charge in [-0.1, -0.05) is 5.16 Å². The van der Waals surface area contributed by atoms with Crippen molar-refractivity contribution in [3.63, 3.8) is 0 Å². The van der Waals surface area contributed by atoms with Crippen LogP contribution in [0.1, 0.15) is 26.7 Å². The quantitative estimate of drug-likeness (QED) is 0.283. The van der Waals surface area contributed by atoms with Crippen molar-refractivity contribution in [3.8, 4) is 0 Å². The minimum Gasteiger partial charge on any atom is -0.409 e. The van der Waals surface area contributed by atoms with Crippen LogP contribution in [0, 0.1) is 5.41 Å². The molecule has 0 saturated carbocycles. The standard InChI is InChI=1S/C12H23N3O4/c1-11(2,17)8-15(3)10(16)12(9(13)14-18)4-6-19-7-5-12/h17-18H,4-8H2,1-3H3,(H2,13,14). The number of oxime groups is 1. The number of hydrogen-bond donors (Lipinski definition) is 3. The van der Waals surface area contributed by atoms with E-state index in [1.807, 2.05) is 0 Å². The van der Waals surface area contributed by atoms with Crippen LogP contribution < -0.4 is 5.73 Å². The highest BCUT2D eigenvalue weighted by atomic mass is 16.5. The van der Waals surface area contributed by atoms with Gasteiger partial charge in [0.2, 0.25) is 5.91 Å². The van der Waals surface area contributed by atoms with E-state index in [1.54, 1.807) is 20.9 Å². The van der Waals surface area contributed by atoms with Crippen molar-refractivity contribution in [2.45, 2.75) is 32.3 Å². The Morgan fingerprint density at radius 3 is 2.42 bits per heavy atom. The maximum absolute atomic E-state index is 12.6. The lowest BCUT2D eigenvalue weighted by atomic mass is 9.77. The molecule has 0 unspecified atom stereocenters. The maximum atomic E-state index is 12.6. The molecule has 0 aromatic rings. The third-order valence-electron chi connectivity index (χ3n) is 3.32. The number of rotatable bonds is 4. The molecule has 7 heteroatoms. The number of carbonyl (C=O) groups excluding carboxylic acids is 1. The first-order valence-electron chi connectivity index (χ1n) is 6.27. The van der Waals surface area contributed by atoms with Crippen LogP contribution in [-0.4, -0.2) is 59.4 Å². The molecule has 19 heavy (non-hydrogen) atoms. The van der Waals surface area contributed by atoms with Crippen LogP contribution in [0.3, 0.4) is 0 Å². The van der Waals surface area contributed by atoms with Crippen LogP contribution in [0.2, 0.25) is 0 Å². The number of aliphatic hydroxyl groups is 1. The van der Waals surface area contributed by atoms with E-state index in [0.717, 1.165) is 0 Å². The number of carbonyl (C=O) groups is 1. The average Bonchev–Trinajstić information content (AvgIpc) is 2.35. The first-order valence-corrected chi connectivity index (χ1v) is 6.27. The lowest BCUT2D eigenvalue weighted by molar-refractivity contribution is -0.143. The summed E-state index contributed by atoms with van der Waals surface area (Å²) in [5.41, 5.74) is 3.69. The van der Waals surface area contributed by atoms with E-state index >= 15 is 0 Å². The Hall–Kier alpha value is -1.34. The first kappa shape index (κ1) is 15.7. The predicted octanol–water partition coefficient (Wildman–Crippen LogP) is -0.241. The van der Waals surface area contributed by atoms with E-state index in [4.69, 9.17) is 15.7 Å². The molecule has 0 atom stereocenters. The molecule has 1 fully saturated rings. The minimum atomic E-state index is -1.03. The molecule has 7 nitrogen and oxygen atoms in total. The molecule has 1 amide bonds. The molecule has 1 aliphatic heterocycles. The maximum Gasteiger partial charge on any atom is 0.236 e. The molecule has 0 aromatic carbocycles. The normalized spacial score (nSPS) is 20.1. The van der Waals surface area contributed by atoms with Gasteiger partial charge in [-0.25, -0.2) is 0 Å². The molecule has 0 spiro atoms. The fourth-order valence-corrected chi connectivity index (χ4v) is 2.41. The summed E-state index contributed by atoms with van der Waals surface area (Å²) in [6.07, 6.45) is 0.746. The highest BCUT2D eigenvalue weighted by molar-refractivity contribution is 6.06. The Balaban J connectivity index is 2.95. The van der Waals surface area contributed by atoms with Gasteiger partial charge in [0, 0.05) is 26.8 Å². The first-order chi connectivity index (χ1) is 8.73. The molecular weight excluding hydrogens is 250 g/mol. The smallest absolute Gasteiger partial charge is 0.236 e. The van der Waals surface area contributed by atoms with Gasteiger partial charge in [-0.2, -0.15) is 0 Å². The highest BCUT2D eigenvalue weighted by Gasteiger charge is 2.46. The van der Waals surface area contributed by atoms with E-state index in [1.165, 1.54) is 4.90 Å². The van der Waals surface area contributed by atoms with Gasteiger partial charge in [-0.05, 0) is 26.7 Å². The Morgan fingerprint density at radius 2 is 2.00 bits per heavy atom. The molecule has 1 aliphatic rings. The second-order valence-electron chi connectivity index (χ2n) is 5.65. The molecule has 1 saturated heterocycles. The van der Waals surface area contributed by atoms with Gasteiger partial charge >= 0.3 is 0 Å². The summed E-state index contributed by atoms with van der Waals surface area (Å²) < 4.78 is 5.24. The summed E-state index contributed by atoms with van der Waals surface area (Å²) in [7, 11) is 1.60. The molecule has 0 radical (unpaired) electrons. The zero-order chi connectivity index (χ0) is 14.7. The number of hydrogen-bond acceptors (Lipinski definition) is 5. The van der Waals surface area contributed by atoms with E-state index in [9.17, 15) is 9.90 Å². The summed E-state index contributed by atoms with van der Waals surface area (Å²) >= 11 is 0. The van der Waals surface area contributed by atoms with Crippen molar-refractivity contribution < 1.29 is 19.8 Å². The molecule has 0 bridgehead atoms. The Labute approximate surface area is 113 Å². The molecule has 1 rings (SSSR count). The average molecular weight is 273 g/mol. The van der Waals surface area contributed by atoms with Crippen LogP contribution in [0.5, 0.6) is 0 Å². The molecule has 4 N–H and O–H groups in total. The number of likely N-dealkylation sites (N-methyl/N-ethyl adjacent to an activating group) is 1. The number of amidine groups is 1. The van der Waals surface area contributed by atoms with Gasteiger partial charge in [0.15, 0.2) is 5.84 Å². The van der Waals surface area contributed by atoms with Gasteiger partial charge in [0.05, 0.1) is 5.60 Å². The van der Waals surface area contributed by atoms with Crippen molar-refractivity contribution in [1.29, 1.82) is 0 Å². The summed E-state index contributed by atoms with van der Waals surface area (Å²) in [6, 6.07) is 0. The topological polar surface area (TPSA) is 108 Å². The van der Waals surface area contributed by atoms with Crippen LogP contribution >= 0.6 is 0 Å². The van der Waals surface area contributed by atoms with Crippen molar-refractivity contribution in [1.82, 2.24) is 4.90 Å². The van der Waals surface area contributed by atoms with Gasteiger partial charge in [0.25, 0.3) is 0 Å².